The van der Waals surface area contributed by atoms with E-state index in [1.807, 2.05) is 0 Å². The Hall–Kier alpha value is -1.14. The zero-order chi connectivity index (χ0) is 7.44. The molecule has 6 nitrogen and oxygen atoms in total. The maximum Gasteiger partial charge on any atom is 0.348 e. The van der Waals surface area contributed by atoms with Crippen molar-refractivity contribution in [3.8, 4) is 0 Å². The molecule has 0 aromatic rings. The van der Waals surface area contributed by atoms with Crippen LogP contribution >= 0.6 is 0 Å². The lowest BCUT2D eigenvalue weighted by molar-refractivity contribution is -0.274. The Morgan fingerprint density at radius 3 is 1.56 bits per heavy atom. The molecule has 0 spiro atoms. The summed E-state index contributed by atoms with van der Waals surface area (Å²) in [6.07, 6.45) is -2.19. The Morgan fingerprint density at radius 2 is 1.56 bits per heavy atom. The van der Waals surface area contributed by atoms with Crippen molar-refractivity contribution < 1.29 is 29.9 Å². The van der Waals surface area contributed by atoms with Gasteiger partial charge in [0, 0.05) is 0 Å². The highest BCUT2D eigenvalue weighted by atomic mass is 17.1. The van der Waals surface area contributed by atoms with E-state index < -0.39 is 18.0 Å². The van der Waals surface area contributed by atoms with Crippen LogP contribution in [0.25, 0.3) is 0 Å². The van der Waals surface area contributed by atoms with Crippen molar-refractivity contribution in [3.05, 3.63) is 0 Å². The van der Waals surface area contributed by atoms with Crippen molar-refractivity contribution >= 4 is 11.9 Å². The fourth-order valence-electron chi connectivity index (χ4n) is 0.196. The van der Waals surface area contributed by atoms with Gasteiger partial charge < -0.3 is 10.2 Å². The average Bonchev–Trinajstić information content (AvgIpc) is 1.64. The van der Waals surface area contributed by atoms with Crippen molar-refractivity contribution in [2.24, 2.45) is 0 Å². The Balaban J connectivity index is 3.99. The Morgan fingerprint density at radius 1 is 1.22 bits per heavy atom. The molecular weight excluding hydrogens is 132 g/mol. The molecule has 0 bridgehead atoms. The summed E-state index contributed by atoms with van der Waals surface area (Å²) in [6, 6.07) is 0. The highest BCUT2D eigenvalue weighted by molar-refractivity contribution is 5.95. The van der Waals surface area contributed by atoms with Gasteiger partial charge in [0.2, 0.25) is 0 Å². The minimum atomic E-state index is -2.19. The van der Waals surface area contributed by atoms with Crippen LogP contribution in [0.1, 0.15) is 0 Å². The maximum absolute atomic E-state index is 9.71. The molecule has 0 aliphatic heterocycles. The van der Waals surface area contributed by atoms with Crippen LogP contribution in [0.5, 0.6) is 0 Å². The first-order valence-electron chi connectivity index (χ1n) is 1.85. The molecule has 0 saturated carbocycles. The van der Waals surface area contributed by atoms with Gasteiger partial charge in [-0.3, -0.25) is 5.26 Å². The molecular formula is C3H4O6. The van der Waals surface area contributed by atoms with Crippen LogP contribution in [0.2, 0.25) is 0 Å². The predicted octanol–water partition coefficient (Wildman–Crippen LogP) is -0.986. The molecule has 0 fully saturated rings. The van der Waals surface area contributed by atoms with E-state index in [4.69, 9.17) is 15.5 Å². The van der Waals surface area contributed by atoms with E-state index in [0.29, 0.717) is 0 Å². The summed E-state index contributed by atoms with van der Waals surface area (Å²) in [6.45, 7) is 0. The molecule has 52 valence electrons. The summed E-state index contributed by atoms with van der Waals surface area (Å²) in [5.41, 5.74) is 0. The normalized spacial score (nSPS) is 9.56. The summed E-state index contributed by atoms with van der Waals surface area (Å²) in [4.78, 5) is 22.5. The van der Waals surface area contributed by atoms with Crippen LogP contribution in [-0.4, -0.2) is 33.5 Å². The van der Waals surface area contributed by atoms with Crippen LogP contribution < -0.4 is 0 Å². The molecule has 0 aliphatic rings. The van der Waals surface area contributed by atoms with Gasteiger partial charge in [0.25, 0.3) is 6.10 Å². The van der Waals surface area contributed by atoms with Gasteiger partial charge in [0.05, 0.1) is 0 Å². The Kier molecular flexibility index (Phi) is 2.62. The summed E-state index contributed by atoms with van der Waals surface area (Å²) in [5.74, 6) is -3.49. The monoisotopic (exact) mass is 136 g/mol. The third-order valence-electron chi connectivity index (χ3n) is 0.554. The van der Waals surface area contributed by atoms with Gasteiger partial charge in [0.1, 0.15) is 0 Å². The highest BCUT2D eigenvalue weighted by Crippen LogP contribution is 1.87. The van der Waals surface area contributed by atoms with Crippen molar-refractivity contribution in [2.75, 3.05) is 0 Å². The van der Waals surface area contributed by atoms with Crippen molar-refractivity contribution in [2.45, 2.75) is 6.10 Å². The summed E-state index contributed by atoms with van der Waals surface area (Å²) >= 11 is 0. The van der Waals surface area contributed by atoms with Crippen LogP contribution in [0.3, 0.4) is 0 Å². The fourth-order valence-corrected chi connectivity index (χ4v) is 0.196. The topological polar surface area (TPSA) is 104 Å². The van der Waals surface area contributed by atoms with Crippen LogP contribution in [-0.2, 0) is 14.5 Å². The Labute approximate surface area is 49.2 Å². The molecule has 0 aliphatic carbocycles. The first-order chi connectivity index (χ1) is 4.09. The number of rotatable bonds is 3. The van der Waals surface area contributed by atoms with E-state index in [2.05, 4.69) is 4.89 Å². The second kappa shape index (κ2) is 3.00. The third kappa shape index (κ3) is 2.06. The molecule has 6 heteroatoms. The number of carboxylic acids is 2. The smallest absolute Gasteiger partial charge is 0.348 e. The second-order valence-electron chi connectivity index (χ2n) is 1.16. The van der Waals surface area contributed by atoms with Gasteiger partial charge in [-0.1, -0.05) is 0 Å². The quantitative estimate of drug-likeness (QED) is 0.261. The number of carboxylic acid groups (broad SMARTS) is 2. The summed E-state index contributed by atoms with van der Waals surface area (Å²) in [5, 5.41) is 23.4. The van der Waals surface area contributed by atoms with Gasteiger partial charge in [-0.25, -0.2) is 14.5 Å². The molecule has 0 radical (unpaired) electrons. The van der Waals surface area contributed by atoms with Gasteiger partial charge in [-0.2, -0.15) is 0 Å². The first kappa shape index (κ1) is 7.86. The fraction of sp³-hybridized carbons (Fsp3) is 0.333. The lowest BCUT2D eigenvalue weighted by Crippen LogP contribution is -2.31. The molecule has 3 N–H and O–H groups in total. The van der Waals surface area contributed by atoms with Crippen LogP contribution in [0.4, 0.5) is 0 Å². The van der Waals surface area contributed by atoms with Crippen molar-refractivity contribution in [3.63, 3.8) is 0 Å². The molecule has 0 rings (SSSR count). The number of hydrogen-bond donors (Lipinski definition) is 3. The molecule has 0 heterocycles. The zero-order valence-corrected chi connectivity index (χ0v) is 4.14. The summed E-state index contributed by atoms with van der Waals surface area (Å²) in [7, 11) is 0. The van der Waals surface area contributed by atoms with Crippen LogP contribution in [0, 0.1) is 0 Å². The molecule has 0 aromatic carbocycles. The van der Waals surface area contributed by atoms with E-state index in [9.17, 15) is 9.59 Å². The molecule has 0 atom stereocenters. The van der Waals surface area contributed by atoms with Gasteiger partial charge >= 0.3 is 11.9 Å². The van der Waals surface area contributed by atoms with E-state index >= 15 is 0 Å². The third-order valence-corrected chi connectivity index (χ3v) is 0.554. The standard InChI is InChI=1S/C3H4O6/c4-2(5)1(9-8)3(6)7/h1,8H,(H,4,5)(H,6,7). The van der Waals surface area contributed by atoms with E-state index in [1.54, 1.807) is 0 Å². The van der Waals surface area contributed by atoms with Crippen LogP contribution in [0.15, 0.2) is 0 Å². The SMILES string of the molecule is O=C(O)C(OO)C(=O)O. The highest BCUT2D eigenvalue weighted by Gasteiger charge is 2.26. The second-order valence-corrected chi connectivity index (χ2v) is 1.16. The molecule has 0 amide bonds. The van der Waals surface area contributed by atoms with Crippen molar-refractivity contribution in [1.82, 2.24) is 0 Å². The molecule has 9 heavy (non-hydrogen) atoms. The number of hydrogen-bond acceptors (Lipinski definition) is 4. The maximum atomic E-state index is 9.71. The van der Waals surface area contributed by atoms with E-state index in [1.165, 1.54) is 0 Å². The molecule has 0 saturated heterocycles. The number of aliphatic carboxylic acids is 2. The largest absolute Gasteiger partial charge is 0.479 e. The predicted molar refractivity (Wildman–Crippen MR) is 22.8 cm³/mol. The molecule has 0 unspecified atom stereocenters. The number of carbonyl (C=O) groups is 2. The lowest BCUT2D eigenvalue weighted by Gasteiger charge is -1.99. The Bertz CT molecular complexity index is 114. The zero-order valence-electron chi connectivity index (χ0n) is 4.14. The van der Waals surface area contributed by atoms with Gasteiger partial charge in [-0.05, 0) is 0 Å². The lowest BCUT2D eigenvalue weighted by atomic mass is 10.4. The van der Waals surface area contributed by atoms with Gasteiger partial charge in [0.15, 0.2) is 0 Å². The van der Waals surface area contributed by atoms with E-state index in [-0.39, 0.29) is 0 Å². The van der Waals surface area contributed by atoms with Gasteiger partial charge in [-0.15, -0.1) is 0 Å². The average molecular weight is 136 g/mol. The first-order valence-corrected chi connectivity index (χ1v) is 1.85. The van der Waals surface area contributed by atoms with Crippen molar-refractivity contribution in [1.29, 1.82) is 0 Å². The minimum Gasteiger partial charge on any atom is -0.479 e. The molecule has 0 aromatic heterocycles. The summed E-state index contributed by atoms with van der Waals surface area (Å²) < 4.78 is 0. The van der Waals surface area contributed by atoms with E-state index in [0.717, 1.165) is 0 Å². The minimum absolute atomic E-state index is 1.75.